The molecule has 0 bridgehead atoms. The molecule has 0 aliphatic carbocycles. The summed E-state index contributed by atoms with van der Waals surface area (Å²) >= 11 is 12.4. The molecule has 0 aliphatic rings. The summed E-state index contributed by atoms with van der Waals surface area (Å²) < 4.78 is 5.64. The Labute approximate surface area is 152 Å². The molecule has 1 aromatic carbocycles. The normalized spacial score (nSPS) is 11.5. The highest BCUT2D eigenvalue weighted by molar-refractivity contribution is 6.37. The maximum Gasteiger partial charge on any atom is 0.275 e. The minimum absolute atomic E-state index is 0.287. The molecule has 0 aliphatic heterocycles. The van der Waals surface area contributed by atoms with Crippen LogP contribution in [0.5, 0.6) is 5.75 Å². The molecular weight excluding hydrogens is 351 g/mol. The maximum absolute atomic E-state index is 11.7. The number of ether oxygens (including phenoxy) is 1. The summed E-state index contributed by atoms with van der Waals surface area (Å²) in [5.41, 5.74) is 11.4. The van der Waals surface area contributed by atoms with E-state index in [1.54, 1.807) is 25.1 Å². The molecule has 132 valence electrons. The van der Waals surface area contributed by atoms with Gasteiger partial charge in [-0.15, -0.1) is 0 Å². The van der Waals surface area contributed by atoms with E-state index in [-0.39, 0.29) is 5.96 Å². The van der Waals surface area contributed by atoms with Gasteiger partial charge in [-0.3, -0.25) is 4.79 Å². The van der Waals surface area contributed by atoms with Gasteiger partial charge in [0, 0.05) is 12.1 Å². The van der Waals surface area contributed by atoms with Gasteiger partial charge < -0.3 is 21.1 Å². The van der Waals surface area contributed by atoms with E-state index in [0.29, 0.717) is 33.5 Å². The first kappa shape index (κ1) is 20.3. The van der Waals surface area contributed by atoms with Crippen LogP contribution in [-0.2, 0) is 4.79 Å². The van der Waals surface area contributed by atoms with E-state index in [2.05, 4.69) is 9.89 Å². The van der Waals surface area contributed by atoms with Crippen molar-refractivity contribution in [1.82, 2.24) is 4.90 Å². The summed E-state index contributed by atoms with van der Waals surface area (Å²) in [6, 6.07) is 3.34. The van der Waals surface area contributed by atoms with Crippen LogP contribution in [0.15, 0.2) is 22.7 Å². The van der Waals surface area contributed by atoms with Crippen LogP contribution in [0.3, 0.4) is 0 Å². The van der Waals surface area contributed by atoms with E-state index in [9.17, 15) is 4.79 Å². The van der Waals surface area contributed by atoms with Gasteiger partial charge in [-0.05, 0) is 51.2 Å². The smallest absolute Gasteiger partial charge is 0.275 e. The number of hydrogen-bond acceptors (Lipinski definition) is 3. The quantitative estimate of drug-likeness (QED) is 0.332. The third-order valence-electron chi connectivity index (χ3n) is 2.97. The van der Waals surface area contributed by atoms with Gasteiger partial charge in [-0.2, -0.15) is 4.99 Å². The van der Waals surface area contributed by atoms with Crippen LogP contribution >= 0.6 is 23.2 Å². The van der Waals surface area contributed by atoms with Crippen LogP contribution in [0, 0.1) is 0 Å². The number of hydrogen-bond donors (Lipinski definition) is 2. The van der Waals surface area contributed by atoms with Crippen molar-refractivity contribution in [2.24, 2.45) is 16.5 Å². The molecule has 0 spiro atoms. The molecule has 0 saturated carbocycles. The summed E-state index contributed by atoms with van der Waals surface area (Å²) in [5.74, 6) is -0.376. The van der Waals surface area contributed by atoms with Gasteiger partial charge in [0.1, 0.15) is 0 Å². The lowest BCUT2D eigenvalue weighted by molar-refractivity contribution is -0.114. The highest BCUT2D eigenvalue weighted by Gasteiger charge is 2.10. The molecule has 24 heavy (non-hydrogen) atoms. The molecule has 1 amide bonds. The zero-order chi connectivity index (χ0) is 18.3. The first-order chi connectivity index (χ1) is 11.2. The Morgan fingerprint density at radius 2 is 1.88 bits per heavy atom. The van der Waals surface area contributed by atoms with E-state index in [4.69, 9.17) is 39.4 Å². The van der Waals surface area contributed by atoms with Crippen LogP contribution in [0.2, 0.25) is 10.0 Å². The molecule has 0 heterocycles. The average Bonchev–Trinajstić information content (AvgIpc) is 2.44. The molecule has 0 aromatic heterocycles. The summed E-state index contributed by atoms with van der Waals surface area (Å²) in [4.78, 5) is 17.3. The number of carbonyl (C=O) groups is 1. The molecule has 0 fully saturated rings. The van der Waals surface area contributed by atoms with Crippen molar-refractivity contribution in [2.45, 2.75) is 13.3 Å². The van der Waals surface area contributed by atoms with Gasteiger partial charge >= 0.3 is 0 Å². The third-order valence-corrected chi connectivity index (χ3v) is 3.53. The Bertz CT molecular complexity index is 630. The van der Waals surface area contributed by atoms with E-state index in [1.807, 2.05) is 14.1 Å². The number of aliphatic imine (C=N–C) groups is 1. The van der Waals surface area contributed by atoms with Crippen molar-refractivity contribution in [3.05, 3.63) is 33.3 Å². The zero-order valence-electron chi connectivity index (χ0n) is 14.0. The fourth-order valence-corrected chi connectivity index (χ4v) is 2.49. The fraction of sp³-hybridized carbons (Fsp3) is 0.375. The van der Waals surface area contributed by atoms with E-state index >= 15 is 0 Å². The van der Waals surface area contributed by atoms with Crippen LogP contribution in [0.25, 0.3) is 6.08 Å². The number of guanidine groups is 1. The molecule has 4 N–H and O–H groups in total. The van der Waals surface area contributed by atoms with E-state index in [0.717, 1.165) is 13.0 Å². The van der Waals surface area contributed by atoms with Crippen molar-refractivity contribution in [3.63, 3.8) is 0 Å². The van der Waals surface area contributed by atoms with Crippen LogP contribution < -0.4 is 16.2 Å². The fourth-order valence-electron chi connectivity index (χ4n) is 1.87. The summed E-state index contributed by atoms with van der Waals surface area (Å²) in [6.45, 7) is 3.01. The lowest BCUT2D eigenvalue weighted by atomic mass is 10.1. The number of halogens is 2. The molecule has 0 saturated heterocycles. The third kappa shape index (κ3) is 6.78. The maximum atomic E-state index is 11.7. The van der Waals surface area contributed by atoms with Crippen LogP contribution in [-0.4, -0.2) is 44.0 Å². The minimum atomic E-state index is -0.522. The summed E-state index contributed by atoms with van der Waals surface area (Å²) in [5, 5.41) is 0.751. The number of rotatable bonds is 7. The lowest BCUT2D eigenvalue weighted by Gasteiger charge is -2.13. The number of nitrogens with zero attached hydrogens (tertiary/aromatic N) is 2. The zero-order valence-corrected chi connectivity index (χ0v) is 15.5. The Kier molecular flexibility index (Phi) is 8.04. The van der Waals surface area contributed by atoms with Crippen molar-refractivity contribution >= 4 is 41.1 Å². The number of nitrogens with two attached hydrogens (primary N) is 2. The average molecular weight is 373 g/mol. The van der Waals surface area contributed by atoms with Crippen LogP contribution in [0.4, 0.5) is 0 Å². The summed E-state index contributed by atoms with van der Waals surface area (Å²) in [7, 11) is 3.99. The first-order valence-electron chi connectivity index (χ1n) is 7.29. The first-order valence-corrected chi connectivity index (χ1v) is 8.05. The SMILES string of the molecule is C/C(=C\c1cc(Cl)c(OCCCN(C)C)c(Cl)c1)C(=O)N=C(N)N. The molecule has 8 heteroatoms. The topological polar surface area (TPSA) is 93.9 Å². The van der Waals surface area contributed by atoms with Crippen molar-refractivity contribution in [2.75, 3.05) is 27.2 Å². The largest absolute Gasteiger partial charge is 0.490 e. The second kappa shape index (κ2) is 9.52. The molecule has 6 nitrogen and oxygen atoms in total. The molecule has 0 atom stereocenters. The van der Waals surface area contributed by atoms with E-state index < -0.39 is 5.91 Å². The predicted octanol–water partition coefficient (Wildman–Crippen LogP) is 2.53. The molecule has 0 unspecified atom stereocenters. The highest BCUT2D eigenvalue weighted by Crippen LogP contribution is 2.35. The Morgan fingerprint density at radius 3 is 2.38 bits per heavy atom. The van der Waals surface area contributed by atoms with Crippen LogP contribution in [0.1, 0.15) is 18.9 Å². The highest BCUT2D eigenvalue weighted by atomic mass is 35.5. The lowest BCUT2D eigenvalue weighted by Crippen LogP contribution is -2.24. The molecular formula is C16H22Cl2N4O2. The number of carbonyl (C=O) groups excluding carboxylic acids is 1. The predicted molar refractivity (Wildman–Crippen MR) is 99.6 cm³/mol. The number of amides is 1. The molecule has 1 rings (SSSR count). The minimum Gasteiger partial charge on any atom is -0.490 e. The Morgan fingerprint density at radius 1 is 1.29 bits per heavy atom. The number of benzene rings is 1. The van der Waals surface area contributed by atoms with Crippen molar-refractivity contribution in [3.8, 4) is 5.75 Å². The van der Waals surface area contributed by atoms with Crippen molar-refractivity contribution in [1.29, 1.82) is 0 Å². The molecule has 0 radical (unpaired) electrons. The standard InChI is InChI=1S/C16H22Cl2N4O2/c1-10(15(23)21-16(19)20)7-11-8-12(17)14(13(18)9-11)24-6-4-5-22(2)3/h7-9H,4-6H2,1-3H3,(H4,19,20,21,23)/b10-7+. The van der Waals surface area contributed by atoms with Gasteiger partial charge in [0.05, 0.1) is 16.7 Å². The Balaban J connectivity index is 2.87. The second-order valence-electron chi connectivity index (χ2n) is 5.49. The summed E-state index contributed by atoms with van der Waals surface area (Å²) in [6.07, 6.45) is 2.45. The van der Waals surface area contributed by atoms with Gasteiger partial charge in [0.25, 0.3) is 5.91 Å². The Hall–Kier alpha value is -1.76. The van der Waals surface area contributed by atoms with Gasteiger partial charge in [-0.1, -0.05) is 23.2 Å². The van der Waals surface area contributed by atoms with Gasteiger partial charge in [0.2, 0.25) is 0 Å². The van der Waals surface area contributed by atoms with Gasteiger partial charge in [0.15, 0.2) is 11.7 Å². The van der Waals surface area contributed by atoms with E-state index in [1.165, 1.54) is 0 Å². The second-order valence-corrected chi connectivity index (χ2v) is 6.30. The van der Waals surface area contributed by atoms with Crippen molar-refractivity contribution < 1.29 is 9.53 Å². The molecule has 1 aromatic rings. The monoisotopic (exact) mass is 372 g/mol. The van der Waals surface area contributed by atoms with Gasteiger partial charge in [-0.25, -0.2) is 0 Å².